The molecule has 1 aliphatic heterocycles. The first-order valence-electron chi connectivity index (χ1n) is 5.95. The van der Waals surface area contributed by atoms with E-state index in [1.165, 1.54) is 27.8 Å². The molecule has 0 aromatic carbocycles. The molecule has 1 fully saturated rings. The minimum atomic E-state index is -2.94. The molecule has 1 saturated heterocycles. The topological polar surface area (TPSA) is 55.4 Å². The van der Waals surface area contributed by atoms with Crippen LogP contribution in [0.1, 0.15) is 19.8 Å². The van der Waals surface area contributed by atoms with Crippen molar-refractivity contribution in [3.05, 3.63) is 0 Å². The van der Waals surface area contributed by atoms with Crippen molar-refractivity contribution in [3.63, 3.8) is 0 Å². The van der Waals surface area contributed by atoms with Gasteiger partial charge < -0.3 is 27.5 Å². The van der Waals surface area contributed by atoms with Crippen molar-refractivity contribution in [2.45, 2.75) is 25.2 Å². The van der Waals surface area contributed by atoms with Gasteiger partial charge in [-0.3, -0.25) is 0 Å². The largest absolute Gasteiger partial charge is 0.562 e. The average Bonchev–Trinajstić information content (AvgIpc) is 2.35. The zero-order valence-corrected chi connectivity index (χ0v) is 13.3. The molecule has 110 valence electrons. The molecule has 0 bridgehead atoms. The first-order valence-corrected chi connectivity index (χ1v) is 7.67. The van der Waals surface area contributed by atoms with E-state index in [4.69, 9.17) is 27.5 Å². The first-order chi connectivity index (χ1) is 8.61. The summed E-state index contributed by atoms with van der Waals surface area (Å²) in [7, 11) is 4.74. The van der Waals surface area contributed by atoms with Crippen LogP contribution >= 0.6 is 0 Å². The van der Waals surface area contributed by atoms with Gasteiger partial charge in [-0.05, 0) is 6.42 Å². The molecule has 0 aromatic heterocycles. The van der Waals surface area contributed by atoms with Crippen LogP contribution in [0.3, 0.4) is 0 Å². The number of ether oxygens (including phenoxy) is 3. The normalized spacial score (nSPS) is 15.7. The second-order valence-corrected chi connectivity index (χ2v) is 6.75. The first kappa shape index (κ1) is 18.0. The summed E-state index contributed by atoms with van der Waals surface area (Å²) in [4.78, 5) is 0. The standard InChI is InChI=1S/C8H20O5Si.C3H6O/c1-7-8(9-2,10-3)14(11-4,12-5)13-6;1-2-4-3-1/h7H2,1-6H3;1-3H2. The number of methoxy groups -OCH3 is 2. The highest BCUT2D eigenvalue weighted by Gasteiger charge is 2.61. The van der Waals surface area contributed by atoms with Crippen LogP contribution in [0.15, 0.2) is 0 Å². The van der Waals surface area contributed by atoms with Gasteiger partial charge in [-0.25, -0.2) is 0 Å². The minimum absolute atomic E-state index is 0.585. The molecule has 0 saturated carbocycles. The lowest BCUT2D eigenvalue weighted by molar-refractivity contribution is -0.192. The van der Waals surface area contributed by atoms with Crippen molar-refractivity contribution in [3.8, 4) is 0 Å². The Morgan fingerprint density at radius 3 is 1.33 bits per heavy atom. The van der Waals surface area contributed by atoms with Gasteiger partial charge in [0.1, 0.15) is 0 Å². The van der Waals surface area contributed by atoms with Crippen molar-refractivity contribution in [1.82, 2.24) is 0 Å². The number of rotatable bonds is 7. The molecule has 1 heterocycles. The van der Waals surface area contributed by atoms with Crippen molar-refractivity contribution in [2.24, 2.45) is 0 Å². The van der Waals surface area contributed by atoms with Gasteiger partial charge in [-0.15, -0.1) is 0 Å². The molecule has 1 rings (SSSR count). The fraction of sp³-hybridized carbons (Fsp3) is 1.00. The van der Waals surface area contributed by atoms with Crippen molar-refractivity contribution >= 4 is 8.80 Å². The van der Waals surface area contributed by atoms with E-state index < -0.39 is 14.2 Å². The van der Waals surface area contributed by atoms with Crippen LogP contribution in [0.4, 0.5) is 0 Å². The summed E-state index contributed by atoms with van der Waals surface area (Å²) >= 11 is 0. The van der Waals surface area contributed by atoms with Crippen LogP contribution in [0.2, 0.25) is 0 Å². The molecule has 0 spiro atoms. The SMILES string of the molecule is C1COC1.CCC(OC)(OC)[Si](OC)(OC)OC. The third kappa shape index (κ3) is 3.73. The van der Waals surface area contributed by atoms with E-state index >= 15 is 0 Å². The predicted octanol–water partition coefficient (Wildman–Crippen LogP) is 1.21. The van der Waals surface area contributed by atoms with E-state index in [1.54, 1.807) is 14.2 Å². The second-order valence-electron chi connectivity index (χ2n) is 3.65. The molecule has 0 N–H and O–H groups in total. The van der Waals surface area contributed by atoms with Crippen LogP contribution < -0.4 is 0 Å². The number of hydrogen-bond acceptors (Lipinski definition) is 6. The average molecular weight is 282 g/mol. The maximum absolute atomic E-state index is 5.34. The summed E-state index contributed by atoms with van der Waals surface area (Å²) in [6.45, 7) is 3.92. The Morgan fingerprint density at radius 1 is 0.944 bits per heavy atom. The lowest BCUT2D eigenvalue weighted by Crippen LogP contribution is -2.65. The highest BCUT2D eigenvalue weighted by molar-refractivity contribution is 6.63. The molecular weight excluding hydrogens is 256 g/mol. The third-order valence-electron chi connectivity index (χ3n) is 2.97. The Balaban J connectivity index is 0.000000601. The second kappa shape index (κ2) is 8.97. The fourth-order valence-electron chi connectivity index (χ4n) is 1.70. The molecule has 7 heteroatoms. The lowest BCUT2D eigenvalue weighted by atomic mass is 10.4. The van der Waals surface area contributed by atoms with Crippen LogP contribution in [0.25, 0.3) is 0 Å². The molecule has 0 unspecified atom stereocenters. The minimum Gasteiger partial charge on any atom is -0.381 e. The van der Waals surface area contributed by atoms with E-state index in [-0.39, 0.29) is 0 Å². The van der Waals surface area contributed by atoms with Crippen molar-refractivity contribution in [2.75, 3.05) is 48.8 Å². The quantitative estimate of drug-likeness (QED) is 0.517. The summed E-state index contributed by atoms with van der Waals surface area (Å²) in [6, 6.07) is 0. The molecular formula is C11H26O6Si. The van der Waals surface area contributed by atoms with Crippen LogP contribution in [0, 0.1) is 0 Å². The molecule has 0 atom stereocenters. The Labute approximate surface area is 111 Å². The van der Waals surface area contributed by atoms with Crippen molar-refractivity contribution < 1.29 is 27.5 Å². The molecule has 6 nitrogen and oxygen atoms in total. The maximum Gasteiger partial charge on any atom is 0.562 e. The van der Waals surface area contributed by atoms with Crippen LogP contribution in [-0.2, 0) is 27.5 Å². The van der Waals surface area contributed by atoms with E-state index in [2.05, 4.69) is 0 Å². The van der Waals surface area contributed by atoms with Gasteiger partial charge in [0.05, 0.1) is 0 Å². The van der Waals surface area contributed by atoms with Gasteiger partial charge in [0.15, 0.2) is 0 Å². The summed E-state index contributed by atoms with van der Waals surface area (Å²) in [5.41, 5.74) is -0.939. The lowest BCUT2D eigenvalue weighted by Gasteiger charge is -2.40. The van der Waals surface area contributed by atoms with Gasteiger partial charge in [-0.2, -0.15) is 0 Å². The Hall–Kier alpha value is -0.0231. The molecule has 18 heavy (non-hydrogen) atoms. The third-order valence-corrected chi connectivity index (χ3v) is 6.28. The molecule has 0 amide bonds. The van der Waals surface area contributed by atoms with Gasteiger partial charge in [-0.1, -0.05) is 6.92 Å². The Kier molecular flexibility index (Phi) is 8.96. The maximum atomic E-state index is 5.34. The summed E-state index contributed by atoms with van der Waals surface area (Å²) in [5.74, 6) is 0. The highest BCUT2D eigenvalue weighted by Crippen LogP contribution is 2.30. The summed E-state index contributed by atoms with van der Waals surface area (Å²) in [6.07, 6.45) is 1.86. The van der Waals surface area contributed by atoms with E-state index in [9.17, 15) is 0 Å². The fourth-order valence-corrected chi connectivity index (χ4v) is 4.07. The van der Waals surface area contributed by atoms with Crippen molar-refractivity contribution in [1.29, 1.82) is 0 Å². The van der Waals surface area contributed by atoms with Crippen LogP contribution in [-0.4, -0.2) is 63.0 Å². The summed E-state index contributed by atoms with van der Waals surface area (Å²) in [5, 5.41) is 0. The summed E-state index contributed by atoms with van der Waals surface area (Å²) < 4.78 is 31.4. The highest BCUT2D eigenvalue weighted by atomic mass is 28.4. The zero-order chi connectivity index (χ0) is 14.1. The molecule has 0 radical (unpaired) electrons. The predicted molar refractivity (Wildman–Crippen MR) is 69.3 cm³/mol. The van der Waals surface area contributed by atoms with Gasteiger partial charge in [0.2, 0.25) is 5.41 Å². The Morgan fingerprint density at radius 2 is 1.28 bits per heavy atom. The van der Waals surface area contributed by atoms with E-state index in [0.29, 0.717) is 6.42 Å². The van der Waals surface area contributed by atoms with E-state index in [0.717, 1.165) is 13.2 Å². The van der Waals surface area contributed by atoms with Crippen LogP contribution in [0.5, 0.6) is 0 Å². The molecule has 1 aliphatic rings. The molecule has 0 aliphatic carbocycles. The van der Waals surface area contributed by atoms with Gasteiger partial charge in [0.25, 0.3) is 0 Å². The van der Waals surface area contributed by atoms with Gasteiger partial charge in [0, 0.05) is 55.2 Å². The monoisotopic (exact) mass is 282 g/mol. The zero-order valence-electron chi connectivity index (χ0n) is 12.3. The number of hydrogen-bond donors (Lipinski definition) is 0. The smallest absolute Gasteiger partial charge is 0.381 e. The van der Waals surface area contributed by atoms with E-state index in [1.807, 2.05) is 6.92 Å². The molecule has 0 aromatic rings. The van der Waals surface area contributed by atoms with Gasteiger partial charge >= 0.3 is 8.80 Å². The Bertz CT molecular complexity index is 163.